The molecule has 102 valence electrons. The maximum Gasteiger partial charge on any atom is 0.317 e. The van der Waals surface area contributed by atoms with Gasteiger partial charge in [0.05, 0.1) is 6.54 Å². The van der Waals surface area contributed by atoms with Crippen LogP contribution in [0.1, 0.15) is 19.8 Å². The molecule has 0 aromatic rings. The van der Waals surface area contributed by atoms with Gasteiger partial charge in [-0.3, -0.25) is 9.69 Å². The van der Waals surface area contributed by atoms with Gasteiger partial charge in [-0.15, -0.1) is 0 Å². The Morgan fingerprint density at radius 3 is 2.61 bits per heavy atom. The molecular formula is C12H21N3O3. The van der Waals surface area contributed by atoms with Crippen molar-refractivity contribution in [1.29, 1.82) is 0 Å². The lowest BCUT2D eigenvalue weighted by Gasteiger charge is -2.21. The zero-order valence-corrected chi connectivity index (χ0v) is 10.8. The van der Waals surface area contributed by atoms with Gasteiger partial charge in [-0.2, -0.15) is 0 Å². The monoisotopic (exact) mass is 255 g/mol. The Morgan fingerprint density at radius 1 is 1.28 bits per heavy atom. The second kappa shape index (κ2) is 5.56. The van der Waals surface area contributed by atoms with Crippen LogP contribution in [0.3, 0.4) is 0 Å². The first-order valence-corrected chi connectivity index (χ1v) is 6.56. The van der Waals surface area contributed by atoms with E-state index < -0.39 is 5.97 Å². The van der Waals surface area contributed by atoms with Crippen LogP contribution in [0.2, 0.25) is 0 Å². The molecule has 2 amide bonds. The molecule has 0 bridgehead atoms. The summed E-state index contributed by atoms with van der Waals surface area (Å²) in [5.41, 5.74) is 0. The number of amides is 2. The SMILES string of the molecule is CC1CC1NC(=O)N1CCCN(CC(=O)O)CC1. The molecule has 0 spiro atoms. The Labute approximate surface area is 107 Å². The summed E-state index contributed by atoms with van der Waals surface area (Å²) in [7, 11) is 0. The molecule has 0 aromatic carbocycles. The minimum Gasteiger partial charge on any atom is -0.480 e. The highest BCUT2D eigenvalue weighted by atomic mass is 16.4. The van der Waals surface area contributed by atoms with Crippen LogP contribution in [0.5, 0.6) is 0 Å². The Kier molecular flexibility index (Phi) is 4.06. The number of nitrogens with zero attached hydrogens (tertiary/aromatic N) is 2. The number of aliphatic carboxylic acids is 1. The fourth-order valence-electron chi connectivity index (χ4n) is 2.30. The number of carboxylic acid groups (broad SMARTS) is 1. The van der Waals surface area contributed by atoms with E-state index in [0.29, 0.717) is 31.6 Å². The van der Waals surface area contributed by atoms with E-state index >= 15 is 0 Å². The summed E-state index contributed by atoms with van der Waals surface area (Å²) in [5.74, 6) is -0.204. The molecule has 6 heteroatoms. The van der Waals surface area contributed by atoms with Gasteiger partial charge in [-0.1, -0.05) is 6.92 Å². The van der Waals surface area contributed by atoms with Crippen molar-refractivity contribution in [1.82, 2.24) is 15.1 Å². The van der Waals surface area contributed by atoms with Crippen LogP contribution >= 0.6 is 0 Å². The Hall–Kier alpha value is -1.30. The third-order valence-corrected chi connectivity index (χ3v) is 3.65. The molecule has 6 nitrogen and oxygen atoms in total. The van der Waals surface area contributed by atoms with Crippen molar-refractivity contribution in [3.63, 3.8) is 0 Å². The van der Waals surface area contributed by atoms with Crippen molar-refractivity contribution < 1.29 is 14.7 Å². The van der Waals surface area contributed by atoms with Crippen molar-refractivity contribution in [2.24, 2.45) is 5.92 Å². The molecule has 0 radical (unpaired) electrons. The summed E-state index contributed by atoms with van der Waals surface area (Å²) in [6, 6.07) is 0.345. The summed E-state index contributed by atoms with van der Waals surface area (Å²) in [4.78, 5) is 26.3. The van der Waals surface area contributed by atoms with E-state index in [1.54, 1.807) is 4.90 Å². The van der Waals surface area contributed by atoms with Crippen LogP contribution in [0.4, 0.5) is 4.79 Å². The Bertz CT molecular complexity index is 335. The Morgan fingerprint density at radius 2 is 2.00 bits per heavy atom. The molecule has 1 aliphatic carbocycles. The molecule has 2 unspecified atom stereocenters. The average Bonchev–Trinajstić information content (AvgIpc) is 3.01. The summed E-state index contributed by atoms with van der Waals surface area (Å²) in [6.07, 6.45) is 1.91. The van der Waals surface area contributed by atoms with Crippen LogP contribution in [-0.2, 0) is 4.79 Å². The van der Waals surface area contributed by atoms with E-state index in [2.05, 4.69) is 12.2 Å². The number of hydrogen-bond donors (Lipinski definition) is 2. The van der Waals surface area contributed by atoms with Crippen molar-refractivity contribution in [3.8, 4) is 0 Å². The fraction of sp³-hybridized carbons (Fsp3) is 0.833. The van der Waals surface area contributed by atoms with Gasteiger partial charge in [0, 0.05) is 32.2 Å². The molecule has 2 fully saturated rings. The number of urea groups is 1. The quantitative estimate of drug-likeness (QED) is 0.755. The molecule has 2 atom stereocenters. The van der Waals surface area contributed by atoms with Crippen LogP contribution in [0.25, 0.3) is 0 Å². The zero-order valence-electron chi connectivity index (χ0n) is 10.8. The average molecular weight is 255 g/mol. The number of nitrogens with one attached hydrogen (secondary N) is 1. The molecule has 0 aromatic heterocycles. The second-order valence-corrected chi connectivity index (χ2v) is 5.28. The lowest BCUT2D eigenvalue weighted by Crippen LogP contribution is -2.43. The fourth-order valence-corrected chi connectivity index (χ4v) is 2.30. The normalized spacial score (nSPS) is 28.6. The van der Waals surface area contributed by atoms with Gasteiger partial charge in [0.25, 0.3) is 0 Å². The minimum atomic E-state index is -0.806. The van der Waals surface area contributed by atoms with Gasteiger partial charge < -0.3 is 15.3 Å². The van der Waals surface area contributed by atoms with Crippen molar-refractivity contribution in [2.45, 2.75) is 25.8 Å². The van der Waals surface area contributed by atoms with E-state index in [4.69, 9.17) is 5.11 Å². The number of carbonyl (C=O) groups is 2. The maximum atomic E-state index is 12.0. The first-order chi connectivity index (χ1) is 8.56. The topological polar surface area (TPSA) is 72.9 Å². The zero-order chi connectivity index (χ0) is 13.1. The predicted octanol–water partition coefficient (Wildman–Crippen LogP) is 0.197. The number of carboxylic acids is 1. The van der Waals surface area contributed by atoms with Crippen LogP contribution in [0, 0.1) is 5.92 Å². The van der Waals surface area contributed by atoms with E-state index in [9.17, 15) is 9.59 Å². The van der Waals surface area contributed by atoms with Crippen LogP contribution in [-0.4, -0.2) is 65.7 Å². The lowest BCUT2D eigenvalue weighted by molar-refractivity contribution is -0.138. The van der Waals surface area contributed by atoms with E-state index in [0.717, 1.165) is 19.4 Å². The van der Waals surface area contributed by atoms with Crippen molar-refractivity contribution in [3.05, 3.63) is 0 Å². The van der Waals surface area contributed by atoms with E-state index in [1.807, 2.05) is 4.90 Å². The van der Waals surface area contributed by atoms with E-state index in [1.165, 1.54) is 0 Å². The highest BCUT2D eigenvalue weighted by Gasteiger charge is 2.35. The molecule has 1 saturated carbocycles. The molecule has 2 aliphatic rings. The highest BCUT2D eigenvalue weighted by Crippen LogP contribution is 2.29. The lowest BCUT2D eigenvalue weighted by atomic mass is 10.4. The van der Waals surface area contributed by atoms with Gasteiger partial charge >= 0.3 is 12.0 Å². The molecule has 1 saturated heterocycles. The minimum absolute atomic E-state index is 0.00141. The second-order valence-electron chi connectivity index (χ2n) is 5.28. The molecule has 2 N–H and O–H groups in total. The number of hydrogen-bond acceptors (Lipinski definition) is 3. The summed E-state index contributed by atoms with van der Waals surface area (Å²) < 4.78 is 0. The van der Waals surface area contributed by atoms with Crippen LogP contribution in [0.15, 0.2) is 0 Å². The molecule has 18 heavy (non-hydrogen) atoms. The maximum absolute atomic E-state index is 12.0. The Balaban J connectivity index is 1.77. The van der Waals surface area contributed by atoms with Gasteiger partial charge in [-0.05, 0) is 18.8 Å². The molecular weight excluding hydrogens is 234 g/mol. The van der Waals surface area contributed by atoms with Gasteiger partial charge in [0.15, 0.2) is 0 Å². The first-order valence-electron chi connectivity index (χ1n) is 6.56. The smallest absolute Gasteiger partial charge is 0.317 e. The summed E-state index contributed by atoms with van der Waals surface area (Å²) >= 11 is 0. The molecule has 2 rings (SSSR count). The standard InChI is InChI=1S/C12H21N3O3/c1-9-7-10(9)13-12(18)15-4-2-3-14(5-6-15)8-11(16)17/h9-10H,2-8H2,1H3,(H,13,18)(H,16,17). The van der Waals surface area contributed by atoms with E-state index in [-0.39, 0.29) is 12.6 Å². The van der Waals surface area contributed by atoms with Gasteiger partial charge in [0.2, 0.25) is 0 Å². The highest BCUT2D eigenvalue weighted by molar-refractivity contribution is 5.75. The van der Waals surface area contributed by atoms with Crippen LogP contribution < -0.4 is 5.32 Å². The number of carbonyl (C=O) groups excluding carboxylic acids is 1. The van der Waals surface area contributed by atoms with Crippen molar-refractivity contribution >= 4 is 12.0 Å². The van der Waals surface area contributed by atoms with Crippen molar-refractivity contribution in [2.75, 3.05) is 32.7 Å². The number of rotatable bonds is 3. The van der Waals surface area contributed by atoms with Gasteiger partial charge in [-0.25, -0.2) is 4.79 Å². The summed E-state index contributed by atoms with van der Waals surface area (Å²) in [5, 5.41) is 11.8. The predicted molar refractivity (Wildman–Crippen MR) is 66.4 cm³/mol. The summed E-state index contributed by atoms with van der Waals surface area (Å²) in [6.45, 7) is 4.90. The third-order valence-electron chi connectivity index (χ3n) is 3.65. The first kappa shape index (κ1) is 13.1. The third kappa shape index (κ3) is 3.60. The largest absolute Gasteiger partial charge is 0.480 e. The molecule has 1 aliphatic heterocycles. The molecule has 1 heterocycles. The van der Waals surface area contributed by atoms with Gasteiger partial charge in [0.1, 0.15) is 0 Å².